The van der Waals surface area contributed by atoms with Crippen LogP contribution in [-0.4, -0.2) is 174 Å². The van der Waals surface area contributed by atoms with Crippen LogP contribution in [0.1, 0.15) is 250 Å². The maximum Gasteiger partial charge on any atom is 0.359 e. The first-order chi connectivity index (χ1) is 52.5. The van der Waals surface area contributed by atoms with Crippen molar-refractivity contribution in [2.24, 2.45) is 44.8 Å². The Labute approximate surface area is 677 Å². The monoisotopic (exact) mass is 1600 g/mol. The minimum Gasteiger partial charge on any atom is -0.465 e. The normalized spacial score (nSPS) is 11.6. The third kappa shape index (κ3) is 70.1. The van der Waals surface area contributed by atoms with E-state index in [-0.39, 0.29) is 147 Å². The van der Waals surface area contributed by atoms with Crippen molar-refractivity contribution < 1.29 is 105 Å². The number of rotatable bonds is 44. The number of aliphatic hydroxyl groups is 1. The average molecular weight is 1600 g/mol. The summed E-state index contributed by atoms with van der Waals surface area (Å²) in [6.07, 6.45) is 11.5. The average Bonchev–Trinajstić information content (AvgIpc) is 0.910. The zero-order valence-corrected chi connectivity index (χ0v) is 73.1. The lowest BCUT2D eigenvalue weighted by Gasteiger charge is -2.21. The highest BCUT2D eigenvalue weighted by Crippen LogP contribution is 2.25. The molecule has 0 aliphatic rings. The van der Waals surface area contributed by atoms with E-state index in [1.54, 1.807) is 41.5 Å². The minimum atomic E-state index is -1.01. The fourth-order valence-corrected chi connectivity index (χ4v) is 5.82. The Balaban J connectivity index is -0.000000187. The Hall–Kier alpha value is -9.48. The number of carbonyl (C=O) groups is 12. The lowest BCUT2D eigenvalue weighted by atomic mass is 9.89. The number of hydrogen-bond donors (Lipinski definition) is 4. The molecule has 0 aromatic heterocycles. The van der Waals surface area contributed by atoms with Crippen molar-refractivity contribution in [2.75, 3.05) is 85.8 Å². The largest absolute Gasteiger partial charge is 0.465 e. The van der Waals surface area contributed by atoms with E-state index in [0.29, 0.717) is 57.6 Å². The molecule has 0 rings (SSSR count). The molecule has 646 valence electrons. The molecule has 0 fully saturated rings. The first kappa shape index (κ1) is 119. The molecule has 0 spiro atoms. The number of nitrogens with zero attached hydrogens (tertiary/aromatic N) is 4. The second-order valence-corrected chi connectivity index (χ2v) is 29.0. The van der Waals surface area contributed by atoms with Gasteiger partial charge in [0.1, 0.15) is 45.7 Å². The van der Waals surface area contributed by atoms with Crippen LogP contribution in [0.2, 0.25) is 0 Å². The van der Waals surface area contributed by atoms with Gasteiger partial charge in [-0.05, 0) is 140 Å². The second kappa shape index (κ2) is 71.6. The van der Waals surface area contributed by atoms with Crippen LogP contribution >= 0.6 is 0 Å². The molecule has 0 aromatic rings. The molecular formula is C84H143N7O22. The van der Waals surface area contributed by atoms with E-state index in [2.05, 4.69) is 71.0 Å². The number of aliphatic hydroxyl groups excluding tert-OH is 1. The van der Waals surface area contributed by atoms with Gasteiger partial charge in [-0.25, -0.2) is 34.1 Å². The number of hydrogen-bond acceptors (Lipinski definition) is 23. The van der Waals surface area contributed by atoms with Gasteiger partial charge >= 0.3 is 60.5 Å². The fraction of sp³-hybridized carbons (Fsp3) is 0.714. The van der Waals surface area contributed by atoms with Gasteiger partial charge in [0.25, 0.3) is 6.04 Å². The molecule has 0 saturated heterocycles. The van der Waals surface area contributed by atoms with Crippen LogP contribution in [0, 0.1) is 75.9 Å². The van der Waals surface area contributed by atoms with E-state index in [1.165, 1.54) is 6.92 Å². The molecule has 0 radical (unpaired) electrons. The number of nitrogens with one attached hydrogen (secondary N) is 3. The van der Waals surface area contributed by atoms with Gasteiger partial charge in [-0.15, -0.1) is 0 Å². The summed E-state index contributed by atoms with van der Waals surface area (Å²) in [6.45, 7) is 79.9. The van der Waals surface area contributed by atoms with E-state index >= 15 is 0 Å². The Kier molecular flexibility index (Phi) is 75.5. The smallest absolute Gasteiger partial charge is 0.359 e. The zero-order valence-electron chi connectivity index (χ0n) is 73.1. The van der Waals surface area contributed by atoms with Crippen molar-refractivity contribution in [1.29, 1.82) is 5.26 Å². The molecule has 0 aliphatic carbocycles. The Morgan fingerprint density at radius 3 is 1.24 bits per heavy atom. The summed E-state index contributed by atoms with van der Waals surface area (Å²) in [5.41, 5.74) is -1.34. The van der Waals surface area contributed by atoms with E-state index in [0.717, 1.165) is 76.4 Å². The predicted molar refractivity (Wildman–Crippen MR) is 435 cm³/mol. The lowest BCUT2D eigenvalue weighted by molar-refractivity contribution is -0.158. The summed E-state index contributed by atoms with van der Waals surface area (Å²) in [5.74, 6) is -3.47. The lowest BCUT2D eigenvalue weighted by Crippen LogP contribution is -2.40. The van der Waals surface area contributed by atoms with Gasteiger partial charge in [0.15, 0.2) is 6.61 Å². The van der Waals surface area contributed by atoms with Crippen molar-refractivity contribution in [3.63, 3.8) is 0 Å². The predicted octanol–water partition coefficient (Wildman–Crippen LogP) is 13.9. The van der Waals surface area contributed by atoms with Crippen LogP contribution in [0.25, 0.3) is 14.5 Å². The van der Waals surface area contributed by atoms with Crippen LogP contribution in [-0.2, 0) is 100 Å². The Morgan fingerprint density at radius 2 is 0.850 bits per heavy atom. The van der Waals surface area contributed by atoms with Crippen molar-refractivity contribution in [2.45, 2.75) is 262 Å². The Bertz CT molecular complexity index is 3000. The molecule has 0 saturated carbocycles. The molecule has 29 nitrogen and oxygen atoms in total. The molecule has 4 N–H and O–H groups in total. The van der Waals surface area contributed by atoms with E-state index in [4.69, 9.17) is 53.4 Å². The second-order valence-electron chi connectivity index (χ2n) is 29.0. The summed E-state index contributed by atoms with van der Waals surface area (Å²) in [6, 6.07) is 1.73. The van der Waals surface area contributed by atoms with Gasteiger partial charge in [-0.3, -0.25) is 48.0 Å². The molecular weight excluding hydrogens is 1460 g/mol. The van der Waals surface area contributed by atoms with Crippen molar-refractivity contribution in [3.8, 4) is 6.07 Å². The van der Waals surface area contributed by atoms with Gasteiger partial charge in [0, 0.05) is 67.6 Å². The number of carbonyl (C=O) groups excluding carboxylic acids is 12. The molecule has 3 amide bonds. The number of nitriles is 1. The maximum absolute atomic E-state index is 11.6. The highest BCUT2D eigenvalue weighted by molar-refractivity contribution is 5.92. The third-order valence-electron chi connectivity index (χ3n) is 16.9. The van der Waals surface area contributed by atoms with E-state index < -0.39 is 40.3 Å². The molecule has 0 aliphatic heterocycles. The third-order valence-corrected chi connectivity index (χ3v) is 16.9. The SMILES string of the molecule is C=C(C)C(=O)NCCNC(=O)C(C)(C)CC.C=C(C)C(=O)OCC(O)COC(=O)C(C)CC.C=CC(=O)OCCOC(=O)C(C)(C)CC.C=CC(=O)OCCOC(=O)C(C)CC.CCC(C)C(=O)NCCC#N.[C-]#[N+]C(C)COC(=O)C(C)(C)CC.[C-]#[N+]CCCCCCOC(=O)C(C)(C)CC.[C-]#[N+]COC(=O)C(C)(C)CC. The van der Waals surface area contributed by atoms with Crippen LogP contribution in [0.4, 0.5) is 0 Å². The van der Waals surface area contributed by atoms with Crippen LogP contribution in [0.3, 0.4) is 0 Å². The number of unbranched alkanes of at least 4 members (excludes halogenated alkanes) is 3. The highest BCUT2D eigenvalue weighted by Gasteiger charge is 2.31. The minimum absolute atomic E-state index is 0.0135. The van der Waals surface area contributed by atoms with E-state index in [9.17, 15) is 62.6 Å². The highest BCUT2D eigenvalue weighted by atomic mass is 16.6. The molecule has 29 heteroatoms. The van der Waals surface area contributed by atoms with Crippen molar-refractivity contribution >= 4 is 71.4 Å². The standard InChI is InChI=1S/C13H23NO2.C12H22N2O2.C12H20O5.C11H18O4.C10H17NO2.C10H16O4.C8H14N2O.C8H13NO2/c1-5-13(2,3)12(15)16-11-9-7-6-8-10-14-4;1-6-12(4,5)11(16)14-8-7-13-10(15)9(2)3;1-5-9(4)12(15)17-7-10(13)6-16-11(14)8(2)3;1-5-9(12)14-7-8-15-10(13)11(3,4)6-2;1-6-10(3,4)9(12)13-7-8(2)11-5;1-4-8(3)10(12)14-7-6-13-9(11)5-2;1-3-7(2)8(11)10-6-4-5-9;1-5-8(2,3)7(10)11-6-9-4/h5-11H2,1-3H3;2,6-8H2,1,3-5H3,(H,13,15)(H,14,16);9-10,13H,2,5-7H2,1,3-4H3;5H,1,6-8H2,2-4H3;8H,6-7H2,1-4H3;5,8H,2,4,6-7H2,1,3H3;7H,3-4,6H2,1-2H3,(H,10,11);5-6H2,1-3H3. The molecule has 0 bridgehead atoms. The Morgan fingerprint density at radius 1 is 0.460 bits per heavy atom. The van der Waals surface area contributed by atoms with Gasteiger partial charge in [0.2, 0.25) is 24.3 Å². The quantitative estimate of drug-likeness (QED) is 0.0145. The molecule has 0 heterocycles. The summed E-state index contributed by atoms with van der Waals surface area (Å²) in [4.78, 5) is 143. The van der Waals surface area contributed by atoms with Crippen LogP contribution in [0.5, 0.6) is 0 Å². The topological polar surface area (TPSA) is 381 Å². The van der Waals surface area contributed by atoms with Crippen LogP contribution in [0.15, 0.2) is 49.6 Å². The molecule has 0 aromatic carbocycles. The number of ether oxygens (including phenoxy) is 9. The maximum atomic E-state index is 11.6. The molecule has 5 unspecified atom stereocenters. The zero-order chi connectivity index (χ0) is 89.6. The number of esters is 9. The van der Waals surface area contributed by atoms with Crippen molar-refractivity contribution in [3.05, 3.63) is 83.9 Å². The van der Waals surface area contributed by atoms with Crippen molar-refractivity contribution in [1.82, 2.24) is 16.0 Å². The first-order valence-corrected chi connectivity index (χ1v) is 38.5. The number of amides is 3. The molecule has 113 heavy (non-hydrogen) atoms. The van der Waals surface area contributed by atoms with Gasteiger partial charge in [-0.2, -0.15) is 5.26 Å². The first-order valence-electron chi connectivity index (χ1n) is 38.5. The van der Waals surface area contributed by atoms with Gasteiger partial charge in [0.05, 0.1) is 52.6 Å². The van der Waals surface area contributed by atoms with E-state index in [1.807, 2.05) is 124 Å². The molecule has 5 atom stereocenters. The summed E-state index contributed by atoms with van der Waals surface area (Å²) in [5, 5.41) is 25.7. The summed E-state index contributed by atoms with van der Waals surface area (Å²) >= 11 is 0. The van der Waals surface area contributed by atoms with Gasteiger partial charge < -0.3 is 73.4 Å². The fourth-order valence-electron chi connectivity index (χ4n) is 5.82. The summed E-state index contributed by atoms with van der Waals surface area (Å²) < 4.78 is 43.5. The van der Waals surface area contributed by atoms with Crippen LogP contribution < -0.4 is 16.0 Å². The summed E-state index contributed by atoms with van der Waals surface area (Å²) in [7, 11) is 0. The van der Waals surface area contributed by atoms with Gasteiger partial charge in [-0.1, -0.05) is 116 Å².